The number of para-hydroxylation sites is 2. The Labute approximate surface area is 170 Å². The monoisotopic (exact) mass is 470 g/mol. The van der Waals surface area contributed by atoms with Crippen molar-refractivity contribution in [2.75, 3.05) is 7.11 Å². The van der Waals surface area contributed by atoms with E-state index in [1.54, 1.807) is 12.1 Å². The standard InChI is InChI=1S/C18H14BrF3N4O3/c1-29-14-7-10(6-11(19)16(14)28)8-23-25-15(27)9-26-13-5-3-2-4-12(13)24-17(26)18(20,21)22/h2-8,28H,9H2,1H3,(H,25,27). The van der Waals surface area contributed by atoms with Crippen LogP contribution >= 0.6 is 15.9 Å². The summed E-state index contributed by atoms with van der Waals surface area (Å²) in [4.78, 5) is 15.7. The van der Waals surface area contributed by atoms with E-state index in [0.29, 0.717) is 10.0 Å². The molecule has 1 heterocycles. The van der Waals surface area contributed by atoms with E-state index in [1.807, 2.05) is 0 Å². The number of amides is 1. The number of benzene rings is 2. The van der Waals surface area contributed by atoms with Gasteiger partial charge < -0.3 is 14.4 Å². The first-order valence-corrected chi connectivity index (χ1v) is 8.91. The van der Waals surface area contributed by atoms with Gasteiger partial charge in [0.2, 0.25) is 5.82 Å². The molecule has 0 saturated heterocycles. The van der Waals surface area contributed by atoms with E-state index in [0.717, 1.165) is 4.57 Å². The van der Waals surface area contributed by atoms with Crippen LogP contribution in [0.5, 0.6) is 11.5 Å². The number of hydrogen-bond acceptors (Lipinski definition) is 5. The number of hydrogen-bond donors (Lipinski definition) is 2. The lowest BCUT2D eigenvalue weighted by Gasteiger charge is -2.10. The summed E-state index contributed by atoms with van der Waals surface area (Å²) >= 11 is 3.15. The van der Waals surface area contributed by atoms with Crippen LogP contribution in [0.2, 0.25) is 0 Å². The van der Waals surface area contributed by atoms with E-state index in [-0.39, 0.29) is 22.5 Å². The van der Waals surface area contributed by atoms with E-state index < -0.39 is 24.5 Å². The summed E-state index contributed by atoms with van der Waals surface area (Å²) in [7, 11) is 1.37. The zero-order valence-electron chi connectivity index (χ0n) is 14.9. The predicted octanol–water partition coefficient (Wildman–Crippen LogP) is 3.68. The number of imidazole rings is 1. The fourth-order valence-electron chi connectivity index (χ4n) is 2.63. The highest BCUT2D eigenvalue weighted by Crippen LogP contribution is 2.34. The third-order valence-electron chi connectivity index (χ3n) is 3.88. The number of ether oxygens (including phenoxy) is 1. The maximum absolute atomic E-state index is 13.3. The van der Waals surface area contributed by atoms with E-state index in [1.165, 1.54) is 37.6 Å². The highest BCUT2D eigenvalue weighted by Gasteiger charge is 2.37. The minimum Gasteiger partial charge on any atom is -0.503 e. The number of phenols is 1. The van der Waals surface area contributed by atoms with E-state index >= 15 is 0 Å². The molecule has 0 unspecified atom stereocenters. The number of nitrogens with zero attached hydrogens (tertiary/aromatic N) is 3. The number of fused-ring (bicyclic) bond motifs is 1. The van der Waals surface area contributed by atoms with Crippen LogP contribution in [0.25, 0.3) is 11.0 Å². The number of aromatic nitrogens is 2. The molecule has 0 saturated carbocycles. The van der Waals surface area contributed by atoms with Gasteiger partial charge in [-0.25, -0.2) is 10.4 Å². The molecule has 7 nitrogen and oxygen atoms in total. The molecule has 1 amide bonds. The second-order valence-electron chi connectivity index (χ2n) is 5.85. The SMILES string of the molecule is COc1cc(C=NNC(=O)Cn2c(C(F)(F)F)nc3ccccc32)cc(Br)c1O. The van der Waals surface area contributed by atoms with Crippen molar-refractivity contribution >= 4 is 39.1 Å². The minimum absolute atomic E-state index is 0.0969. The molecule has 2 N–H and O–H groups in total. The van der Waals surface area contributed by atoms with Crippen molar-refractivity contribution in [3.63, 3.8) is 0 Å². The van der Waals surface area contributed by atoms with Gasteiger partial charge in [0.05, 0.1) is 28.8 Å². The van der Waals surface area contributed by atoms with E-state index in [9.17, 15) is 23.1 Å². The fraction of sp³-hybridized carbons (Fsp3) is 0.167. The number of carbonyl (C=O) groups is 1. The van der Waals surface area contributed by atoms with Gasteiger partial charge in [-0.1, -0.05) is 12.1 Å². The van der Waals surface area contributed by atoms with Gasteiger partial charge in [-0.05, 0) is 45.8 Å². The Bertz CT molecular complexity index is 1100. The van der Waals surface area contributed by atoms with E-state index in [4.69, 9.17) is 4.74 Å². The topological polar surface area (TPSA) is 88.7 Å². The molecule has 0 fully saturated rings. The highest BCUT2D eigenvalue weighted by atomic mass is 79.9. The number of nitrogens with one attached hydrogen (secondary N) is 1. The first kappa shape index (κ1) is 20.6. The normalized spacial score (nSPS) is 11.9. The van der Waals surface area contributed by atoms with Crippen molar-refractivity contribution in [1.29, 1.82) is 0 Å². The van der Waals surface area contributed by atoms with Gasteiger partial charge in [0.1, 0.15) is 6.54 Å². The number of aromatic hydroxyl groups is 1. The van der Waals surface area contributed by atoms with Gasteiger partial charge in [-0.3, -0.25) is 4.79 Å². The molecule has 0 radical (unpaired) electrons. The largest absolute Gasteiger partial charge is 0.503 e. The van der Waals surface area contributed by atoms with Crippen molar-refractivity contribution in [2.45, 2.75) is 12.7 Å². The summed E-state index contributed by atoms with van der Waals surface area (Å²) in [5.74, 6) is -1.84. The van der Waals surface area contributed by atoms with Crippen LogP contribution in [0.15, 0.2) is 46.0 Å². The van der Waals surface area contributed by atoms with Crippen LogP contribution in [0.4, 0.5) is 13.2 Å². The number of carbonyl (C=O) groups excluding carboxylic acids is 1. The number of halogens is 4. The summed E-state index contributed by atoms with van der Waals surface area (Å²) < 4.78 is 46.0. The quantitative estimate of drug-likeness (QED) is 0.439. The second kappa shape index (κ2) is 8.11. The highest BCUT2D eigenvalue weighted by molar-refractivity contribution is 9.10. The second-order valence-corrected chi connectivity index (χ2v) is 6.71. The lowest BCUT2D eigenvalue weighted by Crippen LogP contribution is -2.26. The number of phenolic OH excluding ortho intramolecular Hbond substituents is 1. The molecule has 2 aromatic carbocycles. The Morgan fingerprint density at radius 2 is 2.10 bits per heavy atom. The molecule has 11 heteroatoms. The van der Waals surface area contributed by atoms with Crippen molar-refractivity contribution in [2.24, 2.45) is 5.10 Å². The zero-order chi connectivity index (χ0) is 21.2. The van der Waals surface area contributed by atoms with Gasteiger partial charge in [-0.2, -0.15) is 18.3 Å². The zero-order valence-corrected chi connectivity index (χ0v) is 16.5. The smallest absolute Gasteiger partial charge is 0.449 e. The molecule has 0 aliphatic heterocycles. The lowest BCUT2D eigenvalue weighted by atomic mass is 10.2. The molecule has 29 heavy (non-hydrogen) atoms. The predicted molar refractivity (Wildman–Crippen MR) is 103 cm³/mol. The molecule has 0 spiro atoms. The summed E-state index contributed by atoms with van der Waals surface area (Å²) in [6.45, 7) is -0.616. The molecule has 0 aliphatic carbocycles. The van der Waals surface area contributed by atoms with Crippen LogP contribution in [0.3, 0.4) is 0 Å². The number of methoxy groups -OCH3 is 1. The molecule has 0 aliphatic rings. The van der Waals surface area contributed by atoms with Crippen molar-refractivity contribution in [3.8, 4) is 11.5 Å². The van der Waals surface area contributed by atoms with Crippen LogP contribution in [-0.4, -0.2) is 33.9 Å². The Morgan fingerprint density at radius 3 is 2.79 bits per heavy atom. The average molecular weight is 471 g/mol. The molecule has 152 valence electrons. The molecular weight excluding hydrogens is 457 g/mol. The Kier molecular flexibility index (Phi) is 5.78. The number of rotatable bonds is 5. The molecule has 1 aromatic heterocycles. The minimum atomic E-state index is -4.71. The van der Waals surface area contributed by atoms with E-state index in [2.05, 4.69) is 31.4 Å². The van der Waals surface area contributed by atoms with Gasteiger partial charge in [0.25, 0.3) is 5.91 Å². The Balaban J connectivity index is 1.78. The maximum atomic E-state index is 13.3. The Hall–Kier alpha value is -3.08. The van der Waals surface area contributed by atoms with Gasteiger partial charge in [0, 0.05) is 0 Å². The number of hydrazone groups is 1. The fourth-order valence-corrected chi connectivity index (χ4v) is 3.09. The number of alkyl halides is 3. The molecular formula is C18H14BrF3N4O3. The molecule has 3 aromatic rings. The Morgan fingerprint density at radius 1 is 1.38 bits per heavy atom. The molecule has 3 rings (SSSR count). The first-order valence-electron chi connectivity index (χ1n) is 8.11. The molecule has 0 bridgehead atoms. The summed E-state index contributed by atoms with van der Waals surface area (Å²) in [6.07, 6.45) is -3.45. The lowest BCUT2D eigenvalue weighted by molar-refractivity contribution is -0.147. The summed E-state index contributed by atoms with van der Waals surface area (Å²) in [5.41, 5.74) is 2.99. The average Bonchev–Trinajstić information content (AvgIpc) is 3.03. The van der Waals surface area contributed by atoms with Crippen LogP contribution < -0.4 is 10.2 Å². The third kappa shape index (κ3) is 4.50. The van der Waals surface area contributed by atoms with Crippen molar-refractivity contribution < 1.29 is 27.8 Å². The molecule has 0 atom stereocenters. The van der Waals surface area contributed by atoms with Crippen LogP contribution in [-0.2, 0) is 17.5 Å². The van der Waals surface area contributed by atoms with Gasteiger partial charge in [0.15, 0.2) is 11.5 Å². The van der Waals surface area contributed by atoms with Gasteiger partial charge in [-0.15, -0.1) is 0 Å². The van der Waals surface area contributed by atoms with Crippen molar-refractivity contribution in [1.82, 2.24) is 15.0 Å². The summed E-state index contributed by atoms with van der Waals surface area (Å²) in [5, 5.41) is 13.5. The van der Waals surface area contributed by atoms with Gasteiger partial charge >= 0.3 is 6.18 Å². The van der Waals surface area contributed by atoms with Crippen LogP contribution in [0, 0.1) is 0 Å². The maximum Gasteiger partial charge on any atom is 0.449 e. The van der Waals surface area contributed by atoms with Crippen LogP contribution in [0.1, 0.15) is 11.4 Å². The first-order chi connectivity index (χ1) is 13.7. The van der Waals surface area contributed by atoms with Crippen molar-refractivity contribution in [3.05, 3.63) is 52.3 Å². The third-order valence-corrected chi connectivity index (χ3v) is 4.49. The summed E-state index contributed by atoms with van der Waals surface area (Å²) in [6, 6.07) is 9.02.